The molecule has 0 aliphatic carbocycles. The van der Waals surface area contributed by atoms with Crippen molar-refractivity contribution in [2.24, 2.45) is 5.73 Å². The van der Waals surface area contributed by atoms with Gasteiger partial charge in [0.15, 0.2) is 0 Å². The first-order valence-corrected chi connectivity index (χ1v) is 6.53. The van der Waals surface area contributed by atoms with Gasteiger partial charge in [0.2, 0.25) is 0 Å². The number of hydrogen-bond acceptors (Lipinski definition) is 3. The lowest BCUT2D eigenvalue weighted by molar-refractivity contribution is 0.0935. The lowest BCUT2D eigenvalue weighted by atomic mass is 10.1. The molecule has 21 heavy (non-hydrogen) atoms. The van der Waals surface area contributed by atoms with Crippen molar-refractivity contribution in [1.29, 1.82) is 0 Å². The summed E-state index contributed by atoms with van der Waals surface area (Å²) in [5.74, 6) is 0.513. The van der Waals surface area contributed by atoms with Gasteiger partial charge in [0, 0.05) is 12.1 Å². The van der Waals surface area contributed by atoms with E-state index in [4.69, 9.17) is 10.2 Å². The first-order valence-electron chi connectivity index (χ1n) is 6.53. The van der Waals surface area contributed by atoms with Gasteiger partial charge in [0.25, 0.3) is 5.91 Å². The second-order valence-corrected chi connectivity index (χ2v) is 4.63. The largest absolute Gasteiger partial charge is 0.467 e. The standard InChI is InChI=1S/C15H17N3O3/c1-10(13-3-2-8-21-13)18-14(19)12-6-4-11(5-7-12)9-17-15(16)20/h2-8,10H,9H2,1H3,(H,18,19)(H3,16,17,20)/t10-/m0/s1. The summed E-state index contributed by atoms with van der Waals surface area (Å²) in [6, 6.07) is 9.73. The van der Waals surface area contributed by atoms with E-state index in [0.717, 1.165) is 5.56 Å². The molecule has 1 aromatic carbocycles. The SMILES string of the molecule is C[C@H](NC(=O)c1ccc(CNC(N)=O)cc1)c1ccco1. The molecule has 1 heterocycles. The number of benzene rings is 1. The molecule has 1 aromatic heterocycles. The summed E-state index contributed by atoms with van der Waals surface area (Å²) in [6.45, 7) is 2.18. The fourth-order valence-electron chi connectivity index (χ4n) is 1.85. The number of hydrogen-bond donors (Lipinski definition) is 3. The highest BCUT2D eigenvalue weighted by Gasteiger charge is 2.13. The van der Waals surface area contributed by atoms with Crippen LogP contribution in [0.15, 0.2) is 47.1 Å². The summed E-state index contributed by atoms with van der Waals surface area (Å²) < 4.78 is 5.24. The minimum absolute atomic E-state index is 0.187. The van der Waals surface area contributed by atoms with Gasteiger partial charge in [0.05, 0.1) is 12.3 Å². The van der Waals surface area contributed by atoms with Crippen molar-refractivity contribution in [2.75, 3.05) is 0 Å². The average molecular weight is 287 g/mol. The maximum Gasteiger partial charge on any atom is 0.312 e. The third-order valence-electron chi connectivity index (χ3n) is 3.00. The Morgan fingerprint density at radius 3 is 2.52 bits per heavy atom. The summed E-state index contributed by atoms with van der Waals surface area (Å²) >= 11 is 0. The van der Waals surface area contributed by atoms with Gasteiger partial charge < -0.3 is 20.8 Å². The lowest BCUT2D eigenvalue weighted by Crippen LogP contribution is -2.28. The molecule has 6 heteroatoms. The van der Waals surface area contributed by atoms with E-state index in [9.17, 15) is 9.59 Å². The number of carbonyl (C=O) groups excluding carboxylic acids is 2. The van der Waals surface area contributed by atoms with Gasteiger partial charge in [-0.25, -0.2) is 4.79 Å². The number of primary amides is 1. The first kappa shape index (κ1) is 14.6. The third kappa shape index (κ3) is 4.10. The predicted molar refractivity (Wildman–Crippen MR) is 77.5 cm³/mol. The fourth-order valence-corrected chi connectivity index (χ4v) is 1.85. The van der Waals surface area contributed by atoms with Crippen LogP contribution in [0.3, 0.4) is 0 Å². The van der Waals surface area contributed by atoms with Crippen molar-refractivity contribution in [2.45, 2.75) is 19.5 Å². The van der Waals surface area contributed by atoms with Crippen LogP contribution in [0.5, 0.6) is 0 Å². The molecule has 0 spiro atoms. The van der Waals surface area contributed by atoms with E-state index in [1.165, 1.54) is 0 Å². The second kappa shape index (κ2) is 6.60. The molecule has 0 saturated heterocycles. The maximum atomic E-state index is 12.1. The van der Waals surface area contributed by atoms with Crippen molar-refractivity contribution >= 4 is 11.9 Å². The Balaban J connectivity index is 1.95. The van der Waals surface area contributed by atoms with Crippen LogP contribution in [-0.4, -0.2) is 11.9 Å². The van der Waals surface area contributed by atoms with Gasteiger partial charge in [-0.15, -0.1) is 0 Å². The smallest absolute Gasteiger partial charge is 0.312 e. The molecule has 0 saturated carbocycles. The van der Waals surface area contributed by atoms with E-state index in [1.807, 2.05) is 13.0 Å². The van der Waals surface area contributed by atoms with Crippen LogP contribution in [0.1, 0.15) is 34.6 Å². The molecule has 110 valence electrons. The Morgan fingerprint density at radius 2 is 1.95 bits per heavy atom. The van der Waals surface area contributed by atoms with Gasteiger partial charge in [-0.3, -0.25) is 4.79 Å². The van der Waals surface area contributed by atoms with E-state index < -0.39 is 6.03 Å². The van der Waals surface area contributed by atoms with Crippen molar-refractivity contribution in [3.63, 3.8) is 0 Å². The van der Waals surface area contributed by atoms with Crippen LogP contribution >= 0.6 is 0 Å². The van der Waals surface area contributed by atoms with Crippen LogP contribution in [0.25, 0.3) is 0 Å². The Kier molecular flexibility index (Phi) is 4.61. The monoisotopic (exact) mass is 287 g/mol. The molecule has 0 aliphatic rings. The summed E-state index contributed by atoms with van der Waals surface area (Å²) in [7, 11) is 0. The number of nitrogens with one attached hydrogen (secondary N) is 2. The topological polar surface area (TPSA) is 97.4 Å². The van der Waals surface area contributed by atoms with Crippen LogP contribution in [0, 0.1) is 0 Å². The second-order valence-electron chi connectivity index (χ2n) is 4.63. The lowest BCUT2D eigenvalue weighted by Gasteiger charge is -2.11. The van der Waals surface area contributed by atoms with E-state index in [0.29, 0.717) is 17.9 Å². The molecule has 6 nitrogen and oxygen atoms in total. The Morgan fingerprint density at radius 1 is 1.24 bits per heavy atom. The molecule has 1 atom stereocenters. The zero-order chi connectivity index (χ0) is 15.2. The summed E-state index contributed by atoms with van der Waals surface area (Å²) in [5, 5.41) is 5.33. The molecule has 0 radical (unpaired) electrons. The molecule has 0 unspecified atom stereocenters. The molecular formula is C15H17N3O3. The molecule has 4 N–H and O–H groups in total. The zero-order valence-corrected chi connectivity index (χ0v) is 11.6. The number of amides is 3. The molecule has 2 rings (SSSR count). The summed E-state index contributed by atoms with van der Waals surface area (Å²) in [4.78, 5) is 22.7. The van der Waals surface area contributed by atoms with E-state index in [-0.39, 0.29) is 11.9 Å². The van der Waals surface area contributed by atoms with Crippen molar-refractivity contribution in [1.82, 2.24) is 10.6 Å². The summed E-state index contributed by atoms with van der Waals surface area (Å²) in [6.07, 6.45) is 1.57. The van der Waals surface area contributed by atoms with Gasteiger partial charge in [0.1, 0.15) is 5.76 Å². The van der Waals surface area contributed by atoms with Crippen molar-refractivity contribution in [3.8, 4) is 0 Å². The Labute approximate surface area is 122 Å². The predicted octanol–water partition coefficient (Wildman–Crippen LogP) is 1.94. The average Bonchev–Trinajstić information content (AvgIpc) is 3.00. The van der Waals surface area contributed by atoms with E-state index >= 15 is 0 Å². The van der Waals surface area contributed by atoms with Gasteiger partial charge in [-0.1, -0.05) is 12.1 Å². The van der Waals surface area contributed by atoms with Gasteiger partial charge in [-0.2, -0.15) is 0 Å². The van der Waals surface area contributed by atoms with E-state index in [1.54, 1.807) is 36.6 Å². The van der Waals surface area contributed by atoms with Gasteiger partial charge >= 0.3 is 6.03 Å². The Hall–Kier alpha value is -2.76. The quantitative estimate of drug-likeness (QED) is 0.783. The van der Waals surface area contributed by atoms with Crippen LogP contribution in [0.2, 0.25) is 0 Å². The minimum Gasteiger partial charge on any atom is -0.467 e. The normalized spacial score (nSPS) is 11.7. The van der Waals surface area contributed by atoms with Crippen molar-refractivity contribution < 1.29 is 14.0 Å². The molecule has 3 amide bonds. The fraction of sp³-hybridized carbons (Fsp3) is 0.200. The molecule has 0 aliphatic heterocycles. The molecule has 2 aromatic rings. The number of carbonyl (C=O) groups is 2. The highest BCUT2D eigenvalue weighted by Crippen LogP contribution is 2.13. The minimum atomic E-state index is -0.580. The first-order chi connectivity index (χ1) is 10.1. The maximum absolute atomic E-state index is 12.1. The van der Waals surface area contributed by atoms with Crippen LogP contribution in [-0.2, 0) is 6.54 Å². The van der Waals surface area contributed by atoms with Crippen LogP contribution in [0.4, 0.5) is 4.79 Å². The van der Waals surface area contributed by atoms with Crippen molar-refractivity contribution in [3.05, 3.63) is 59.5 Å². The summed E-state index contributed by atoms with van der Waals surface area (Å²) in [5.41, 5.74) is 6.40. The number of rotatable bonds is 5. The highest BCUT2D eigenvalue weighted by atomic mass is 16.3. The van der Waals surface area contributed by atoms with E-state index in [2.05, 4.69) is 10.6 Å². The number of furan rings is 1. The highest BCUT2D eigenvalue weighted by molar-refractivity contribution is 5.94. The van der Waals surface area contributed by atoms with Gasteiger partial charge in [-0.05, 0) is 36.8 Å². The van der Waals surface area contributed by atoms with Crippen LogP contribution < -0.4 is 16.4 Å². The molecule has 0 fully saturated rings. The number of urea groups is 1. The zero-order valence-electron chi connectivity index (χ0n) is 11.6. The molecule has 0 bridgehead atoms. The number of nitrogens with two attached hydrogens (primary N) is 1. The third-order valence-corrected chi connectivity index (χ3v) is 3.00. The molecular weight excluding hydrogens is 270 g/mol. The Bertz CT molecular complexity index is 606.